The van der Waals surface area contributed by atoms with Crippen molar-refractivity contribution in [2.75, 3.05) is 17.7 Å². The number of hydrogen-bond donors (Lipinski definition) is 1. The first-order chi connectivity index (χ1) is 11.5. The van der Waals surface area contributed by atoms with Crippen LogP contribution in [0.4, 0.5) is 5.69 Å². The lowest BCUT2D eigenvalue weighted by Gasteiger charge is -2.16. The molecule has 0 atom stereocenters. The van der Waals surface area contributed by atoms with E-state index in [1.807, 2.05) is 0 Å². The zero-order chi connectivity index (χ0) is 17.1. The van der Waals surface area contributed by atoms with E-state index in [-0.39, 0.29) is 23.9 Å². The summed E-state index contributed by atoms with van der Waals surface area (Å²) in [7, 11) is 0. The second kappa shape index (κ2) is 7.07. The molecule has 1 heterocycles. The number of benzene rings is 2. The standard InChI is InChI=1S/C17H12ClNO4S/c18-12-4-1-10(2-5-12)14(20)8-23-17(22)11-3-6-15-13(7-11)19-16(21)9-24-15/h1-7H,8-9H2,(H,19,21). The number of ether oxygens (including phenoxy) is 1. The van der Waals surface area contributed by atoms with E-state index in [9.17, 15) is 14.4 Å². The van der Waals surface area contributed by atoms with Crippen LogP contribution in [0.1, 0.15) is 20.7 Å². The maximum atomic E-state index is 12.1. The zero-order valence-electron chi connectivity index (χ0n) is 12.4. The van der Waals surface area contributed by atoms with Crippen LogP contribution in [0.5, 0.6) is 0 Å². The van der Waals surface area contributed by atoms with Crippen LogP contribution in [0.3, 0.4) is 0 Å². The maximum Gasteiger partial charge on any atom is 0.338 e. The molecule has 1 amide bonds. The topological polar surface area (TPSA) is 72.5 Å². The third-order valence-electron chi connectivity index (χ3n) is 3.35. The van der Waals surface area contributed by atoms with Gasteiger partial charge in [0.25, 0.3) is 0 Å². The van der Waals surface area contributed by atoms with Gasteiger partial charge in [0.1, 0.15) is 0 Å². The van der Waals surface area contributed by atoms with E-state index in [0.717, 1.165) is 4.90 Å². The van der Waals surface area contributed by atoms with Crippen LogP contribution < -0.4 is 5.32 Å². The molecule has 0 radical (unpaired) electrons. The summed E-state index contributed by atoms with van der Waals surface area (Å²) in [6.07, 6.45) is 0. The van der Waals surface area contributed by atoms with Crippen LogP contribution in [0.25, 0.3) is 0 Å². The molecule has 0 saturated heterocycles. The van der Waals surface area contributed by atoms with Gasteiger partial charge in [-0.05, 0) is 42.5 Å². The first-order valence-corrected chi connectivity index (χ1v) is 8.42. The second-order valence-corrected chi connectivity index (χ2v) is 6.51. The van der Waals surface area contributed by atoms with E-state index in [2.05, 4.69) is 5.32 Å². The number of esters is 1. The van der Waals surface area contributed by atoms with Crippen molar-refractivity contribution in [3.05, 3.63) is 58.6 Å². The van der Waals surface area contributed by atoms with Gasteiger partial charge >= 0.3 is 5.97 Å². The minimum absolute atomic E-state index is 0.115. The number of fused-ring (bicyclic) bond motifs is 1. The number of carbonyl (C=O) groups is 3. The largest absolute Gasteiger partial charge is 0.454 e. The summed E-state index contributed by atoms with van der Waals surface area (Å²) in [5.74, 6) is -0.699. The van der Waals surface area contributed by atoms with E-state index >= 15 is 0 Å². The van der Waals surface area contributed by atoms with Crippen molar-refractivity contribution in [2.24, 2.45) is 0 Å². The molecule has 5 nitrogen and oxygen atoms in total. The number of nitrogens with one attached hydrogen (secondary N) is 1. The van der Waals surface area contributed by atoms with Gasteiger partial charge in [-0.25, -0.2) is 4.79 Å². The molecule has 1 N–H and O–H groups in total. The molecule has 1 aliphatic heterocycles. The Labute approximate surface area is 147 Å². The van der Waals surface area contributed by atoms with Gasteiger partial charge in [-0.15, -0.1) is 11.8 Å². The van der Waals surface area contributed by atoms with Gasteiger partial charge in [-0.1, -0.05) is 11.6 Å². The highest BCUT2D eigenvalue weighted by atomic mass is 35.5. The smallest absolute Gasteiger partial charge is 0.338 e. The summed E-state index contributed by atoms with van der Waals surface area (Å²) in [5, 5.41) is 3.23. The number of hydrogen-bond acceptors (Lipinski definition) is 5. The molecule has 0 fully saturated rings. The normalized spacial score (nSPS) is 13.0. The van der Waals surface area contributed by atoms with Crippen molar-refractivity contribution < 1.29 is 19.1 Å². The van der Waals surface area contributed by atoms with Gasteiger partial charge in [-0.2, -0.15) is 0 Å². The zero-order valence-corrected chi connectivity index (χ0v) is 13.9. The number of thioether (sulfide) groups is 1. The molecule has 1 aliphatic rings. The third kappa shape index (κ3) is 3.77. The van der Waals surface area contributed by atoms with Gasteiger partial charge in [-0.3, -0.25) is 9.59 Å². The Morgan fingerprint density at radius 2 is 1.83 bits per heavy atom. The molecule has 7 heteroatoms. The average Bonchev–Trinajstić information content (AvgIpc) is 2.59. The van der Waals surface area contributed by atoms with Crippen LogP contribution in [-0.2, 0) is 9.53 Å². The number of anilines is 1. The highest BCUT2D eigenvalue weighted by Crippen LogP contribution is 2.32. The molecule has 0 saturated carbocycles. The quantitative estimate of drug-likeness (QED) is 0.667. The lowest BCUT2D eigenvalue weighted by Crippen LogP contribution is -2.19. The molecule has 0 aliphatic carbocycles. The monoisotopic (exact) mass is 361 g/mol. The van der Waals surface area contributed by atoms with Crippen LogP contribution in [0, 0.1) is 0 Å². The molecule has 122 valence electrons. The lowest BCUT2D eigenvalue weighted by molar-refractivity contribution is -0.113. The van der Waals surface area contributed by atoms with E-state index in [1.54, 1.807) is 42.5 Å². The van der Waals surface area contributed by atoms with Crippen molar-refractivity contribution in [2.45, 2.75) is 4.90 Å². The molecule has 3 rings (SSSR count). The summed E-state index contributed by atoms with van der Waals surface area (Å²) in [6.45, 7) is -0.362. The Morgan fingerprint density at radius 1 is 1.12 bits per heavy atom. The molecule has 2 aromatic rings. The Bertz CT molecular complexity index is 820. The molecule has 0 spiro atoms. The molecule has 0 aromatic heterocycles. The van der Waals surface area contributed by atoms with Crippen molar-refractivity contribution in [1.29, 1.82) is 0 Å². The molecule has 0 unspecified atom stereocenters. The maximum absolute atomic E-state index is 12.1. The van der Waals surface area contributed by atoms with Crippen molar-refractivity contribution in [1.82, 2.24) is 0 Å². The fraction of sp³-hybridized carbons (Fsp3) is 0.118. The fourth-order valence-corrected chi connectivity index (χ4v) is 3.06. The Kier molecular flexibility index (Phi) is 4.87. The van der Waals surface area contributed by atoms with E-state index < -0.39 is 5.97 Å². The number of Topliss-reactive ketones (excluding diaryl/α,β-unsaturated/α-hetero) is 1. The van der Waals surface area contributed by atoms with E-state index in [0.29, 0.717) is 22.0 Å². The highest BCUT2D eigenvalue weighted by molar-refractivity contribution is 8.00. The Hall–Kier alpha value is -2.31. The Morgan fingerprint density at radius 3 is 2.58 bits per heavy atom. The van der Waals surface area contributed by atoms with Crippen molar-refractivity contribution in [3.63, 3.8) is 0 Å². The minimum atomic E-state index is -0.620. The van der Waals surface area contributed by atoms with Crippen LogP contribution in [-0.4, -0.2) is 30.0 Å². The van der Waals surface area contributed by atoms with Gasteiger partial charge < -0.3 is 10.1 Å². The van der Waals surface area contributed by atoms with Crippen LogP contribution in [0.2, 0.25) is 5.02 Å². The van der Waals surface area contributed by atoms with Gasteiger partial charge in [0.2, 0.25) is 5.91 Å². The molecular weight excluding hydrogens is 350 g/mol. The van der Waals surface area contributed by atoms with Crippen LogP contribution >= 0.6 is 23.4 Å². The summed E-state index contributed by atoms with van der Waals surface area (Å²) >= 11 is 7.17. The number of carbonyl (C=O) groups excluding carboxylic acids is 3. The number of halogens is 1. The summed E-state index contributed by atoms with van der Waals surface area (Å²) < 4.78 is 5.05. The number of amides is 1. The van der Waals surface area contributed by atoms with E-state index in [4.69, 9.17) is 16.3 Å². The van der Waals surface area contributed by atoms with E-state index in [1.165, 1.54) is 11.8 Å². The Balaban J connectivity index is 1.65. The molecule has 2 aromatic carbocycles. The van der Waals surface area contributed by atoms with Gasteiger partial charge in [0.05, 0.1) is 17.0 Å². The predicted molar refractivity (Wildman–Crippen MR) is 91.9 cm³/mol. The summed E-state index contributed by atoms with van der Waals surface area (Å²) in [6, 6.07) is 11.2. The lowest BCUT2D eigenvalue weighted by atomic mass is 10.1. The summed E-state index contributed by atoms with van der Waals surface area (Å²) in [4.78, 5) is 36.4. The highest BCUT2D eigenvalue weighted by Gasteiger charge is 2.18. The first-order valence-electron chi connectivity index (χ1n) is 7.05. The number of ketones is 1. The number of rotatable bonds is 4. The third-order valence-corrected chi connectivity index (χ3v) is 4.67. The van der Waals surface area contributed by atoms with Gasteiger partial charge in [0.15, 0.2) is 12.4 Å². The predicted octanol–water partition coefficient (Wildman–Crippen LogP) is 3.42. The van der Waals surface area contributed by atoms with Crippen molar-refractivity contribution in [3.8, 4) is 0 Å². The SMILES string of the molecule is O=C1CSc2ccc(C(=O)OCC(=O)c3ccc(Cl)cc3)cc2N1. The second-order valence-electron chi connectivity index (χ2n) is 5.05. The first kappa shape index (κ1) is 16.5. The minimum Gasteiger partial charge on any atom is -0.454 e. The average molecular weight is 362 g/mol. The molecule has 0 bridgehead atoms. The molecular formula is C17H12ClNO4S. The van der Waals surface area contributed by atoms with Gasteiger partial charge in [0, 0.05) is 15.5 Å². The summed E-state index contributed by atoms with van der Waals surface area (Å²) in [5.41, 5.74) is 1.27. The molecule has 24 heavy (non-hydrogen) atoms. The van der Waals surface area contributed by atoms with Crippen molar-refractivity contribution >= 4 is 46.7 Å². The van der Waals surface area contributed by atoms with Crippen LogP contribution in [0.15, 0.2) is 47.4 Å². The fourth-order valence-electron chi connectivity index (χ4n) is 2.14.